The van der Waals surface area contributed by atoms with Crippen molar-refractivity contribution in [2.75, 3.05) is 39.8 Å². The molecule has 112 valence electrons. The van der Waals surface area contributed by atoms with Gasteiger partial charge in [0.15, 0.2) is 0 Å². The van der Waals surface area contributed by atoms with E-state index in [0.29, 0.717) is 0 Å². The topological polar surface area (TPSA) is 24.5 Å². The van der Waals surface area contributed by atoms with Crippen LogP contribution in [0, 0.1) is 0 Å². The Morgan fingerprint density at radius 2 is 1.80 bits per heavy atom. The molecule has 0 spiro atoms. The van der Waals surface area contributed by atoms with Gasteiger partial charge in [-0.2, -0.15) is 0 Å². The fourth-order valence-corrected chi connectivity index (χ4v) is 2.72. The van der Waals surface area contributed by atoms with Gasteiger partial charge in [-0.25, -0.2) is 0 Å². The first-order valence-electron chi connectivity index (χ1n) is 7.66. The maximum atomic E-state index is 5.57. The molecule has 0 amide bonds. The number of ether oxygens (including phenoxy) is 1. The molecule has 20 heavy (non-hydrogen) atoms. The SMILES string of the molecule is COC(C)(C)Cc1ccccc1CCN1CCNCC1. The number of benzene rings is 1. The summed E-state index contributed by atoms with van der Waals surface area (Å²) in [6, 6.07) is 8.79. The van der Waals surface area contributed by atoms with Gasteiger partial charge in [0.25, 0.3) is 0 Å². The second-order valence-electron chi connectivity index (χ2n) is 6.25. The van der Waals surface area contributed by atoms with Crippen molar-refractivity contribution in [1.82, 2.24) is 10.2 Å². The number of piperazine rings is 1. The Labute approximate surface area is 123 Å². The van der Waals surface area contributed by atoms with Gasteiger partial charge < -0.3 is 15.0 Å². The third kappa shape index (κ3) is 4.58. The predicted octanol–water partition coefficient (Wildman–Crippen LogP) is 2.10. The molecule has 1 aromatic carbocycles. The van der Waals surface area contributed by atoms with E-state index in [1.165, 1.54) is 24.2 Å². The maximum Gasteiger partial charge on any atom is 0.0663 e. The molecule has 0 bridgehead atoms. The van der Waals surface area contributed by atoms with Gasteiger partial charge in [0.1, 0.15) is 0 Å². The monoisotopic (exact) mass is 276 g/mol. The summed E-state index contributed by atoms with van der Waals surface area (Å²) in [6.07, 6.45) is 2.11. The lowest BCUT2D eigenvalue weighted by atomic mass is 9.93. The van der Waals surface area contributed by atoms with E-state index in [0.717, 1.165) is 32.5 Å². The van der Waals surface area contributed by atoms with E-state index < -0.39 is 0 Å². The van der Waals surface area contributed by atoms with Crippen molar-refractivity contribution in [2.45, 2.75) is 32.3 Å². The Morgan fingerprint density at radius 3 is 2.45 bits per heavy atom. The van der Waals surface area contributed by atoms with Crippen LogP contribution in [0.2, 0.25) is 0 Å². The van der Waals surface area contributed by atoms with Crippen LogP contribution in [0.3, 0.4) is 0 Å². The number of hydrogen-bond acceptors (Lipinski definition) is 3. The van der Waals surface area contributed by atoms with Gasteiger partial charge in [-0.3, -0.25) is 0 Å². The van der Waals surface area contributed by atoms with Crippen LogP contribution >= 0.6 is 0 Å². The molecule has 0 unspecified atom stereocenters. The molecule has 0 radical (unpaired) electrons. The molecule has 3 heteroatoms. The predicted molar refractivity (Wildman–Crippen MR) is 84.2 cm³/mol. The van der Waals surface area contributed by atoms with Crippen molar-refractivity contribution >= 4 is 0 Å². The molecule has 3 nitrogen and oxygen atoms in total. The van der Waals surface area contributed by atoms with Gasteiger partial charge in [-0.05, 0) is 31.4 Å². The lowest BCUT2D eigenvalue weighted by Gasteiger charge is -2.28. The summed E-state index contributed by atoms with van der Waals surface area (Å²) in [5.41, 5.74) is 2.80. The van der Waals surface area contributed by atoms with Gasteiger partial charge in [0, 0.05) is 46.3 Å². The van der Waals surface area contributed by atoms with Crippen LogP contribution < -0.4 is 5.32 Å². The minimum atomic E-state index is -0.0921. The minimum absolute atomic E-state index is 0.0921. The van der Waals surface area contributed by atoms with E-state index in [-0.39, 0.29) is 5.60 Å². The van der Waals surface area contributed by atoms with Crippen LogP contribution in [-0.4, -0.2) is 50.3 Å². The zero-order valence-corrected chi connectivity index (χ0v) is 13.1. The molecule has 1 aromatic rings. The van der Waals surface area contributed by atoms with E-state index in [9.17, 15) is 0 Å². The second-order valence-corrected chi connectivity index (χ2v) is 6.25. The van der Waals surface area contributed by atoms with Crippen LogP contribution in [0.15, 0.2) is 24.3 Å². The molecular weight excluding hydrogens is 248 g/mol. The lowest BCUT2D eigenvalue weighted by Crippen LogP contribution is -2.44. The van der Waals surface area contributed by atoms with Crippen molar-refractivity contribution < 1.29 is 4.74 Å². The molecule has 1 N–H and O–H groups in total. The van der Waals surface area contributed by atoms with E-state index in [1.54, 1.807) is 7.11 Å². The van der Waals surface area contributed by atoms with Gasteiger partial charge >= 0.3 is 0 Å². The van der Waals surface area contributed by atoms with Crippen molar-refractivity contribution in [3.8, 4) is 0 Å². The molecular formula is C17H28N2O. The summed E-state index contributed by atoms with van der Waals surface area (Å²) < 4.78 is 5.57. The van der Waals surface area contributed by atoms with Crippen molar-refractivity contribution in [1.29, 1.82) is 0 Å². The number of methoxy groups -OCH3 is 1. The summed E-state index contributed by atoms with van der Waals surface area (Å²) in [5, 5.41) is 3.40. The smallest absolute Gasteiger partial charge is 0.0663 e. The van der Waals surface area contributed by atoms with Crippen LogP contribution in [0.5, 0.6) is 0 Å². The number of hydrogen-bond donors (Lipinski definition) is 1. The Kier molecular flexibility index (Phi) is 5.58. The van der Waals surface area contributed by atoms with E-state index in [1.807, 2.05) is 0 Å². The number of nitrogens with one attached hydrogen (secondary N) is 1. The van der Waals surface area contributed by atoms with E-state index in [2.05, 4.69) is 48.3 Å². The first-order valence-corrected chi connectivity index (χ1v) is 7.66. The average molecular weight is 276 g/mol. The summed E-state index contributed by atoms with van der Waals surface area (Å²) in [4.78, 5) is 2.55. The average Bonchev–Trinajstić information content (AvgIpc) is 2.47. The van der Waals surface area contributed by atoms with Gasteiger partial charge in [0.2, 0.25) is 0 Å². The number of nitrogens with zero attached hydrogens (tertiary/aromatic N) is 1. The maximum absolute atomic E-state index is 5.57. The Hall–Kier alpha value is -0.900. The zero-order chi connectivity index (χ0) is 14.4. The van der Waals surface area contributed by atoms with Gasteiger partial charge in [-0.1, -0.05) is 24.3 Å². The fourth-order valence-electron chi connectivity index (χ4n) is 2.72. The Morgan fingerprint density at radius 1 is 1.15 bits per heavy atom. The molecule has 1 aliphatic heterocycles. The molecule has 0 saturated carbocycles. The third-order valence-corrected chi connectivity index (χ3v) is 4.19. The standard InChI is InChI=1S/C17H28N2O/c1-17(2,20-3)14-16-7-5-4-6-15(16)8-11-19-12-9-18-10-13-19/h4-7,18H,8-14H2,1-3H3. The first-order chi connectivity index (χ1) is 9.61. The highest BCUT2D eigenvalue weighted by Gasteiger charge is 2.19. The molecule has 2 rings (SSSR count). The molecule has 1 aliphatic rings. The fraction of sp³-hybridized carbons (Fsp3) is 0.647. The van der Waals surface area contributed by atoms with Crippen molar-refractivity contribution in [3.05, 3.63) is 35.4 Å². The third-order valence-electron chi connectivity index (χ3n) is 4.19. The minimum Gasteiger partial charge on any atom is -0.378 e. The molecule has 0 aliphatic carbocycles. The molecule has 1 heterocycles. The highest BCUT2D eigenvalue weighted by Crippen LogP contribution is 2.20. The zero-order valence-electron chi connectivity index (χ0n) is 13.1. The highest BCUT2D eigenvalue weighted by atomic mass is 16.5. The summed E-state index contributed by atoms with van der Waals surface area (Å²) >= 11 is 0. The molecule has 0 atom stereocenters. The summed E-state index contributed by atoms with van der Waals surface area (Å²) in [7, 11) is 1.79. The van der Waals surface area contributed by atoms with Gasteiger partial charge in [0.05, 0.1) is 5.60 Å². The summed E-state index contributed by atoms with van der Waals surface area (Å²) in [6.45, 7) is 10.1. The van der Waals surface area contributed by atoms with E-state index >= 15 is 0 Å². The molecule has 1 fully saturated rings. The van der Waals surface area contributed by atoms with Gasteiger partial charge in [-0.15, -0.1) is 0 Å². The Balaban J connectivity index is 1.96. The second kappa shape index (κ2) is 7.21. The van der Waals surface area contributed by atoms with Crippen LogP contribution in [-0.2, 0) is 17.6 Å². The van der Waals surface area contributed by atoms with Crippen LogP contribution in [0.4, 0.5) is 0 Å². The lowest BCUT2D eigenvalue weighted by molar-refractivity contribution is 0.0230. The molecule has 1 saturated heterocycles. The van der Waals surface area contributed by atoms with Crippen LogP contribution in [0.25, 0.3) is 0 Å². The largest absolute Gasteiger partial charge is 0.378 e. The van der Waals surface area contributed by atoms with Crippen molar-refractivity contribution in [3.63, 3.8) is 0 Å². The van der Waals surface area contributed by atoms with Crippen LogP contribution in [0.1, 0.15) is 25.0 Å². The quantitative estimate of drug-likeness (QED) is 0.861. The Bertz CT molecular complexity index is 411. The normalized spacial score (nSPS) is 17.4. The summed E-state index contributed by atoms with van der Waals surface area (Å²) in [5.74, 6) is 0. The van der Waals surface area contributed by atoms with Crippen molar-refractivity contribution in [2.24, 2.45) is 0 Å². The first kappa shape index (κ1) is 15.5. The highest BCUT2D eigenvalue weighted by molar-refractivity contribution is 5.28. The van der Waals surface area contributed by atoms with E-state index in [4.69, 9.17) is 4.74 Å². The molecule has 0 aromatic heterocycles. The number of rotatable bonds is 6.